The molecule has 0 atom stereocenters. The summed E-state index contributed by atoms with van der Waals surface area (Å²) in [6.45, 7) is 2.20. The van der Waals surface area contributed by atoms with E-state index in [1.807, 2.05) is 19.1 Å². The minimum absolute atomic E-state index is 0.00424. The summed E-state index contributed by atoms with van der Waals surface area (Å²) in [7, 11) is 0. The fourth-order valence-corrected chi connectivity index (χ4v) is 1.07. The van der Waals surface area contributed by atoms with Crippen molar-refractivity contribution in [2.24, 2.45) is 0 Å². The Bertz CT molecular complexity index is 261. The van der Waals surface area contributed by atoms with Crippen molar-refractivity contribution in [3.05, 3.63) is 28.8 Å². The molecule has 0 radical (unpaired) electrons. The van der Waals surface area contributed by atoms with Gasteiger partial charge in [0, 0.05) is 0 Å². The van der Waals surface area contributed by atoms with Gasteiger partial charge in [-0.05, 0) is 18.6 Å². The highest BCUT2D eigenvalue weighted by molar-refractivity contribution is 6.32. The average Bonchev–Trinajstić information content (AvgIpc) is 2.08. The van der Waals surface area contributed by atoms with Crippen LogP contribution in [0.2, 0.25) is 5.02 Å². The molecule has 1 aromatic rings. The van der Waals surface area contributed by atoms with Crippen molar-refractivity contribution in [3.63, 3.8) is 0 Å². The summed E-state index contributed by atoms with van der Waals surface area (Å²) in [5, 5.41) is 9.14. The molecule has 1 N–H and O–H groups in total. The van der Waals surface area contributed by atoms with Gasteiger partial charge in [0.1, 0.15) is 12.4 Å². The molecule has 0 aliphatic rings. The number of aryl methyl sites for hydroxylation is 1. The third kappa shape index (κ3) is 2.13. The number of rotatable bonds is 3. The van der Waals surface area contributed by atoms with Gasteiger partial charge in [0.25, 0.3) is 0 Å². The van der Waals surface area contributed by atoms with Crippen LogP contribution in [0.1, 0.15) is 5.56 Å². The quantitative estimate of drug-likeness (QED) is 0.783. The van der Waals surface area contributed by atoms with E-state index in [1.165, 1.54) is 0 Å². The molecule has 0 unspecified atom stereocenters. The highest BCUT2D eigenvalue weighted by Gasteiger charge is 2.02. The van der Waals surface area contributed by atoms with E-state index in [4.69, 9.17) is 21.4 Å². The maximum atomic E-state index is 8.52. The van der Waals surface area contributed by atoms with E-state index in [-0.39, 0.29) is 13.2 Å². The van der Waals surface area contributed by atoms with Crippen molar-refractivity contribution in [1.29, 1.82) is 0 Å². The van der Waals surface area contributed by atoms with E-state index in [0.717, 1.165) is 5.56 Å². The SMILES string of the molecule is Cc1cccc(OCCO)c1Cl. The summed E-state index contributed by atoms with van der Waals surface area (Å²) in [6, 6.07) is 5.56. The van der Waals surface area contributed by atoms with Gasteiger partial charge in [0.05, 0.1) is 11.6 Å². The average molecular weight is 187 g/mol. The normalized spacial score (nSPS) is 9.92. The standard InChI is InChI=1S/C9H11ClO2/c1-7-3-2-4-8(9(7)10)12-6-5-11/h2-4,11H,5-6H2,1H3. The van der Waals surface area contributed by atoms with Crippen LogP contribution in [0, 0.1) is 6.92 Å². The molecule has 0 aliphatic heterocycles. The van der Waals surface area contributed by atoms with Crippen LogP contribution in [-0.4, -0.2) is 18.3 Å². The second kappa shape index (κ2) is 4.33. The highest BCUT2D eigenvalue weighted by atomic mass is 35.5. The monoisotopic (exact) mass is 186 g/mol. The molecule has 12 heavy (non-hydrogen) atoms. The Labute approximate surface area is 76.7 Å². The van der Waals surface area contributed by atoms with Gasteiger partial charge in [-0.1, -0.05) is 23.7 Å². The molecule has 0 aromatic heterocycles. The van der Waals surface area contributed by atoms with Crippen LogP contribution >= 0.6 is 11.6 Å². The summed E-state index contributed by atoms with van der Waals surface area (Å²) in [4.78, 5) is 0. The lowest BCUT2D eigenvalue weighted by atomic mass is 10.2. The molecular weight excluding hydrogens is 176 g/mol. The van der Waals surface area contributed by atoms with Crippen molar-refractivity contribution < 1.29 is 9.84 Å². The molecule has 3 heteroatoms. The fraction of sp³-hybridized carbons (Fsp3) is 0.333. The van der Waals surface area contributed by atoms with Crippen molar-refractivity contribution in [2.45, 2.75) is 6.92 Å². The number of halogens is 1. The van der Waals surface area contributed by atoms with Gasteiger partial charge < -0.3 is 9.84 Å². The largest absolute Gasteiger partial charge is 0.490 e. The van der Waals surface area contributed by atoms with E-state index in [2.05, 4.69) is 0 Å². The molecule has 0 saturated heterocycles. The molecule has 1 aromatic carbocycles. The molecule has 0 fully saturated rings. The van der Waals surface area contributed by atoms with Gasteiger partial charge in [-0.25, -0.2) is 0 Å². The Kier molecular flexibility index (Phi) is 3.38. The van der Waals surface area contributed by atoms with Crippen LogP contribution in [0.5, 0.6) is 5.75 Å². The van der Waals surface area contributed by atoms with Crippen LogP contribution in [-0.2, 0) is 0 Å². The third-order valence-corrected chi connectivity index (χ3v) is 1.99. The molecule has 0 saturated carbocycles. The van der Waals surface area contributed by atoms with Gasteiger partial charge >= 0.3 is 0 Å². The van der Waals surface area contributed by atoms with Crippen LogP contribution in [0.25, 0.3) is 0 Å². The molecular formula is C9H11ClO2. The molecule has 0 heterocycles. The first-order valence-corrected chi connectivity index (χ1v) is 4.12. The van der Waals surface area contributed by atoms with Crippen LogP contribution < -0.4 is 4.74 Å². The second-order valence-electron chi connectivity index (χ2n) is 2.46. The topological polar surface area (TPSA) is 29.5 Å². The number of hydrogen-bond donors (Lipinski definition) is 1. The van der Waals surface area contributed by atoms with E-state index in [9.17, 15) is 0 Å². The second-order valence-corrected chi connectivity index (χ2v) is 2.84. The lowest BCUT2D eigenvalue weighted by Crippen LogP contribution is -2.02. The van der Waals surface area contributed by atoms with Gasteiger partial charge in [0.2, 0.25) is 0 Å². The predicted octanol–water partition coefficient (Wildman–Crippen LogP) is 2.02. The zero-order valence-electron chi connectivity index (χ0n) is 6.88. The minimum Gasteiger partial charge on any atom is -0.490 e. The number of aliphatic hydroxyl groups is 1. The zero-order valence-corrected chi connectivity index (χ0v) is 7.64. The zero-order chi connectivity index (χ0) is 8.97. The maximum absolute atomic E-state index is 8.52. The number of ether oxygens (including phenoxy) is 1. The molecule has 0 aliphatic carbocycles. The number of aliphatic hydroxyl groups excluding tert-OH is 1. The Morgan fingerprint density at radius 3 is 2.92 bits per heavy atom. The van der Waals surface area contributed by atoms with E-state index < -0.39 is 0 Å². The van der Waals surface area contributed by atoms with Crippen LogP contribution in [0.3, 0.4) is 0 Å². The highest BCUT2D eigenvalue weighted by Crippen LogP contribution is 2.26. The summed E-state index contributed by atoms with van der Waals surface area (Å²) < 4.78 is 5.18. The molecule has 1 rings (SSSR count). The van der Waals surface area contributed by atoms with E-state index in [0.29, 0.717) is 10.8 Å². The first-order valence-electron chi connectivity index (χ1n) is 3.74. The van der Waals surface area contributed by atoms with Crippen LogP contribution in [0.4, 0.5) is 0 Å². The number of hydrogen-bond acceptors (Lipinski definition) is 2. The molecule has 2 nitrogen and oxygen atoms in total. The maximum Gasteiger partial charge on any atom is 0.138 e. The first kappa shape index (κ1) is 9.36. The molecule has 0 bridgehead atoms. The van der Waals surface area contributed by atoms with Crippen molar-refractivity contribution in [2.75, 3.05) is 13.2 Å². The molecule has 66 valence electrons. The fourth-order valence-electron chi connectivity index (χ4n) is 0.888. The van der Waals surface area contributed by atoms with Gasteiger partial charge in [0.15, 0.2) is 0 Å². The summed E-state index contributed by atoms with van der Waals surface area (Å²) >= 11 is 5.92. The Morgan fingerprint density at radius 2 is 2.25 bits per heavy atom. The molecule has 0 spiro atoms. The minimum atomic E-state index is 0.00424. The summed E-state index contributed by atoms with van der Waals surface area (Å²) in [6.07, 6.45) is 0. The van der Waals surface area contributed by atoms with Crippen molar-refractivity contribution >= 4 is 11.6 Å². The van der Waals surface area contributed by atoms with E-state index in [1.54, 1.807) is 6.07 Å². The Hall–Kier alpha value is -0.730. The third-order valence-electron chi connectivity index (χ3n) is 1.51. The molecule has 0 amide bonds. The lowest BCUT2D eigenvalue weighted by Gasteiger charge is -2.07. The van der Waals surface area contributed by atoms with Gasteiger partial charge in [-0.3, -0.25) is 0 Å². The van der Waals surface area contributed by atoms with Gasteiger partial charge in [-0.2, -0.15) is 0 Å². The van der Waals surface area contributed by atoms with Crippen molar-refractivity contribution in [3.8, 4) is 5.75 Å². The van der Waals surface area contributed by atoms with Crippen molar-refractivity contribution in [1.82, 2.24) is 0 Å². The predicted molar refractivity (Wildman–Crippen MR) is 48.8 cm³/mol. The Morgan fingerprint density at radius 1 is 1.50 bits per heavy atom. The number of benzene rings is 1. The smallest absolute Gasteiger partial charge is 0.138 e. The lowest BCUT2D eigenvalue weighted by molar-refractivity contribution is 0.201. The first-order chi connectivity index (χ1) is 5.75. The van der Waals surface area contributed by atoms with Crippen LogP contribution in [0.15, 0.2) is 18.2 Å². The van der Waals surface area contributed by atoms with Gasteiger partial charge in [-0.15, -0.1) is 0 Å². The van der Waals surface area contributed by atoms with E-state index >= 15 is 0 Å². The Balaban J connectivity index is 2.78. The summed E-state index contributed by atoms with van der Waals surface area (Å²) in [5.74, 6) is 0.630. The summed E-state index contributed by atoms with van der Waals surface area (Å²) in [5.41, 5.74) is 0.979.